The second-order valence-corrected chi connectivity index (χ2v) is 7.57. The van der Waals surface area contributed by atoms with Crippen LogP contribution < -0.4 is 10.1 Å². The first kappa shape index (κ1) is 18.7. The number of nitrogens with one attached hydrogen (secondary N) is 1. The quantitative estimate of drug-likeness (QED) is 0.753. The molecular weight excluding hydrogens is 340 g/mol. The maximum atomic E-state index is 5.69. The first-order chi connectivity index (χ1) is 12.5. The molecule has 0 saturated carbocycles. The van der Waals surface area contributed by atoms with Gasteiger partial charge < -0.3 is 15.0 Å². The molecule has 4 heteroatoms. The van der Waals surface area contributed by atoms with Crippen molar-refractivity contribution in [2.24, 2.45) is 0 Å². The number of hydrogen-bond donors (Lipinski definition) is 1. The van der Waals surface area contributed by atoms with Crippen molar-refractivity contribution >= 4 is 23.0 Å². The molecule has 26 heavy (non-hydrogen) atoms. The molecule has 1 N–H and O–H groups in total. The first-order valence-electron chi connectivity index (χ1n) is 9.26. The van der Waals surface area contributed by atoms with E-state index in [1.807, 2.05) is 6.07 Å². The summed E-state index contributed by atoms with van der Waals surface area (Å²) in [4.78, 5) is 2.29. The van der Waals surface area contributed by atoms with Crippen LogP contribution in [0.2, 0.25) is 0 Å². The first-order valence-corrected chi connectivity index (χ1v) is 9.67. The number of nitrogens with zero attached hydrogens (tertiary/aromatic N) is 1. The number of methoxy groups -OCH3 is 1. The molecule has 0 spiro atoms. The average Bonchev–Trinajstić information content (AvgIpc) is 2.66. The number of rotatable bonds is 3. The molecule has 0 aromatic heterocycles. The Morgan fingerprint density at radius 1 is 1.04 bits per heavy atom. The van der Waals surface area contributed by atoms with E-state index in [4.69, 9.17) is 17.0 Å². The van der Waals surface area contributed by atoms with E-state index in [9.17, 15) is 0 Å². The Morgan fingerprint density at radius 3 is 2.38 bits per heavy atom. The van der Waals surface area contributed by atoms with Crippen molar-refractivity contribution in [3.05, 3.63) is 58.7 Å². The Kier molecular flexibility index (Phi) is 5.82. The summed E-state index contributed by atoms with van der Waals surface area (Å²) in [5.74, 6) is 1.53. The van der Waals surface area contributed by atoms with Gasteiger partial charge in [0, 0.05) is 18.8 Å². The normalized spacial score (nSPS) is 15.0. The number of anilines is 1. The van der Waals surface area contributed by atoms with Crippen molar-refractivity contribution in [1.82, 2.24) is 4.90 Å². The van der Waals surface area contributed by atoms with Crippen LogP contribution in [-0.2, 0) is 0 Å². The Bertz CT molecular complexity index is 795. The van der Waals surface area contributed by atoms with Crippen molar-refractivity contribution in [1.29, 1.82) is 0 Å². The van der Waals surface area contributed by atoms with Gasteiger partial charge >= 0.3 is 0 Å². The van der Waals surface area contributed by atoms with Gasteiger partial charge in [-0.3, -0.25) is 0 Å². The second-order valence-electron chi connectivity index (χ2n) is 7.18. The highest BCUT2D eigenvalue weighted by atomic mass is 32.1. The molecule has 0 radical (unpaired) electrons. The smallest absolute Gasteiger partial charge is 0.173 e. The lowest BCUT2D eigenvalue weighted by Gasteiger charge is -2.34. The maximum absolute atomic E-state index is 5.69. The molecule has 0 atom stereocenters. The van der Waals surface area contributed by atoms with Crippen molar-refractivity contribution in [2.75, 3.05) is 25.5 Å². The molecule has 3 rings (SSSR count). The van der Waals surface area contributed by atoms with Crippen molar-refractivity contribution in [3.8, 4) is 5.75 Å². The fraction of sp³-hybridized carbons (Fsp3) is 0.409. The van der Waals surface area contributed by atoms with Gasteiger partial charge in [0.1, 0.15) is 5.75 Å². The lowest BCUT2D eigenvalue weighted by Crippen LogP contribution is -2.40. The van der Waals surface area contributed by atoms with Gasteiger partial charge in [0.25, 0.3) is 0 Å². The molecule has 3 nitrogen and oxygen atoms in total. The van der Waals surface area contributed by atoms with Gasteiger partial charge in [0.15, 0.2) is 5.11 Å². The minimum atomic E-state index is 0.536. The van der Waals surface area contributed by atoms with Gasteiger partial charge in [-0.1, -0.05) is 24.3 Å². The number of ether oxygens (including phenoxy) is 1. The van der Waals surface area contributed by atoms with Gasteiger partial charge in [-0.2, -0.15) is 0 Å². The Labute approximate surface area is 162 Å². The topological polar surface area (TPSA) is 24.5 Å². The number of benzene rings is 2. The van der Waals surface area contributed by atoms with Gasteiger partial charge in [-0.05, 0) is 86.1 Å². The van der Waals surface area contributed by atoms with Crippen molar-refractivity contribution < 1.29 is 4.74 Å². The summed E-state index contributed by atoms with van der Waals surface area (Å²) in [6, 6.07) is 12.8. The van der Waals surface area contributed by atoms with Crippen LogP contribution in [0.4, 0.5) is 5.69 Å². The number of aryl methyl sites for hydroxylation is 3. The Hall–Kier alpha value is -2.07. The third-order valence-corrected chi connectivity index (χ3v) is 5.80. The fourth-order valence-electron chi connectivity index (χ4n) is 3.69. The van der Waals surface area contributed by atoms with Crippen LogP contribution >= 0.6 is 12.2 Å². The van der Waals surface area contributed by atoms with Gasteiger partial charge in [0.05, 0.1) is 7.11 Å². The van der Waals surface area contributed by atoms with Crippen LogP contribution in [0.1, 0.15) is 41.0 Å². The zero-order valence-electron chi connectivity index (χ0n) is 16.1. The summed E-state index contributed by atoms with van der Waals surface area (Å²) in [5, 5.41) is 4.29. The molecule has 0 amide bonds. The minimum Gasteiger partial charge on any atom is -0.496 e. The molecule has 2 aromatic rings. The van der Waals surface area contributed by atoms with Gasteiger partial charge in [0.2, 0.25) is 0 Å². The highest BCUT2D eigenvalue weighted by Gasteiger charge is 2.24. The highest BCUT2D eigenvalue weighted by molar-refractivity contribution is 7.80. The van der Waals surface area contributed by atoms with E-state index < -0.39 is 0 Å². The molecule has 1 aliphatic heterocycles. The fourth-order valence-corrected chi connectivity index (χ4v) is 3.98. The second kappa shape index (κ2) is 8.09. The summed E-state index contributed by atoms with van der Waals surface area (Å²) in [7, 11) is 1.75. The lowest BCUT2D eigenvalue weighted by molar-refractivity contribution is 0.310. The predicted octanol–water partition coefficient (Wildman–Crippen LogP) is 5.20. The third-order valence-electron chi connectivity index (χ3n) is 5.44. The van der Waals surface area contributed by atoms with Crippen LogP contribution in [0.25, 0.3) is 0 Å². The monoisotopic (exact) mass is 368 g/mol. The number of thiocarbonyl (C=S) groups is 1. The van der Waals surface area contributed by atoms with E-state index in [0.717, 1.165) is 42.5 Å². The summed E-state index contributed by atoms with van der Waals surface area (Å²) < 4.78 is 5.53. The van der Waals surface area contributed by atoms with Crippen molar-refractivity contribution in [2.45, 2.75) is 39.5 Å². The van der Waals surface area contributed by atoms with Gasteiger partial charge in [-0.25, -0.2) is 0 Å². The number of piperidine rings is 1. The molecule has 2 aromatic carbocycles. The lowest BCUT2D eigenvalue weighted by atomic mass is 9.89. The number of hydrogen-bond acceptors (Lipinski definition) is 2. The molecule has 1 fully saturated rings. The zero-order chi connectivity index (χ0) is 18.7. The predicted molar refractivity (Wildman–Crippen MR) is 113 cm³/mol. The van der Waals surface area contributed by atoms with Crippen molar-refractivity contribution in [3.63, 3.8) is 0 Å². The zero-order valence-corrected chi connectivity index (χ0v) is 17.0. The van der Waals surface area contributed by atoms with Gasteiger partial charge in [-0.15, -0.1) is 0 Å². The van der Waals surface area contributed by atoms with E-state index in [1.165, 1.54) is 22.3 Å². The molecule has 0 unspecified atom stereocenters. The van der Waals surface area contributed by atoms with E-state index >= 15 is 0 Å². The van der Waals surface area contributed by atoms with E-state index in [-0.39, 0.29) is 0 Å². The molecule has 0 bridgehead atoms. The van der Waals surface area contributed by atoms with Crippen LogP contribution in [-0.4, -0.2) is 30.2 Å². The Morgan fingerprint density at radius 2 is 1.69 bits per heavy atom. The summed E-state index contributed by atoms with van der Waals surface area (Å²) >= 11 is 5.69. The molecular formula is C22H28N2OS. The molecule has 0 aliphatic carbocycles. The maximum Gasteiger partial charge on any atom is 0.173 e. The largest absolute Gasteiger partial charge is 0.496 e. The number of likely N-dealkylation sites (tertiary alicyclic amines) is 1. The number of para-hydroxylation sites is 1. The van der Waals surface area contributed by atoms with Crippen LogP contribution in [0.15, 0.2) is 36.4 Å². The molecule has 1 saturated heterocycles. The van der Waals surface area contributed by atoms with E-state index in [2.05, 4.69) is 61.3 Å². The van der Waals surface area contributed by atoms with E-state index in [1.54, 1.807) is 7.11 Å². The van der Waals surface area contributed by atoms with E-state index in [0.29, 0.717) is 5.92 Å². The summed E-state index contributed by atoms with van der Waals surface area (Å²) in [6.07, 6.45) is 2.18. The third kappa shape index (κ3) is 4.01. The average molecular weight is 369 g/mol. The highest BCUT2D eigenvalue weighted by Crippen LogP contribution is 2.34. The Balaban J connectivity index is 1.63. The van der Waals surface area contributed by atoms with Crippen LogP contribution in [0.3, 0.4) is 0 Å². The minimum absolute atomic E-state index is 0.536. The molecule has 1 heterocycles. The molecule has 138 valence electrons. The molecule has 1 aliphatic rings. The summed E-state index contributed by atoms with van der Waals surface area (Å²) in [5.41, 5.74) is 6.27. The van der Waals surface area contributed by atoms with Crippen LogP contribution in [0.5, 0.6) is 5.75 Å². The summed E-state index contributed by atoms with van der Waals surface area (Å²) in [6.45, 7) is 8.36. The van der Waals surface area contributed by atoms with Crippen LogP contribution in [0, 0.1) is 20.8 Å². The standard InChI is InChI=1S/C22H28N2OS/c1-15-13-17(3)20(14-16(15)2)23-22(26)24-11-9-18(10-12-24)19-7-5-6-8-21(19)25-4/h5-8,13-14,18H,9-12H2,1-4H3,(H,23,26). The SMILES string of the molecule is COc1ccccc1C1CCN(C(=S)Nc2cc(C)c(C)cc2C)CC1.